The standard InChI is InChI=1S/C16H18N2O3/c1-10(19)13-8-11(4-6-14(13)17)18-12-5-7-15(20-2)16(9-12)21-3/h4-9,18H,17H2,1-3H3. The fourth-order valence-corrected chi connectivity index (χ4v) is 2.02. The van der Waals surface area contributed by atoms with Crippen LogP contribution in [0.5, 0.6) is 11.5 Å². The molecule has 0 aliphatic heterocycles. The first-order chi connectivity index (χ1) is 10.0. The Hall–Kier alpha value is -2.69. The van der Waals surface area contributed by atoms with Crippen molar-refractivity contribution in [2.24, 2.45) is 0 Å². The summed E-state index contributed by atoms with van der Waals surface area (Å²) in [4.78, 5) is 11.5. The second kappa shape index (κ2) is 6.17. The van der Waals surface area contributed by atoms with Crippen molar-refractivity contribution < 1.29 is 14.3 Å². The van der Waals surface area contributed by atoms with E-state index in [4.69, 9.17) is 15.2 Å². The van der Waals surface area contributed by atoms with Crippen molar-refractivity contribution in [3.05, 3.63) is 42.0 Å². The van der Waals surface area contributed by atoms with E-state index in [1.165, 1.54) is 6.92 Å². The van der Waals surface area contributed by atoms with Crippen LogP contribution < -0.4 is 20.5 Å². The van der Waals surface area contributed by atoms with Crippen LogP contribution in [0.15, 0.2) is 36.4 Å². The highest BCUT2D eigenvalue weighted by Gasteiger charge is 2.08. The van der Waals surface area contributed by atoms with Gasteiger partial charge in [-0.3, -0.25) is 4.79 Å². The zero-order chi connectivity index (χ0) is 15.4. The minimum Gasteiger partial charge on any atom is -0.493 e. The highest BCUT2D eigenvalue weighted by molar-refractivity contribution is 6.00. The zero-order valence-electron chi connectivity index (χ0n) is 12.3. The monoisotopic (exact) mass is 286 g/mol. The highest BCUT2D eigenvalue weighted by Crippen LogP contribution is 2.31. The van der Waals surface area contributed by atoms with E-state index in [1.807, 2.05) is 24.3 Å². The molecule has 0 saturated heterocycles. The number of nitrogens with one attached hydrogen (secondary N) is 1. The van der Waals surface area contributed by atoms with E-state index in [0.717, 1.165) is 11.4 Å². The molecule has 0 saturated carbocycles. The highest BCUT2D eigenvalue weighted by atomic mass is 16.5. The number of carbonyl (C=O) groups excluding carboxylic acids is 1. The number of hydrogen-bond acceptors (Lipinski definition) is 5. The molecule has 0 radical (unpaired) electrons. The molecule has 2 rings (SSSR count). The lowest BCUT2D eigenvalue weighted by molar-refractivity contribution is 0.101. The second-order valence-electron chi connectivity index (χ2n) is 4.55. The van der Waals surface area contributed by atoms with Crippen LogP contribution in [-0.4, -0.2) is 20.0 Å². The van der Waals surface area contributed by atoms with Crippen molar-refractivity contribution in [3.8, 4) is 11.5 Å². The lowest BCUT2D eigenvalue weighted by Crippen LogP contribution is -2.01. The molecule has 2 aromatic rings. The average Bonchev–Trinajstić information content (AvgIpc) is 2.48. The third kappa shape index (κ3) is 3.25. The smallest absolute Gasteiger partial charge is 0.162 e. The summed E-state index contributed by atoms with van der Waals surface area (Å²) in [5.74, 6) is 1.22. The van der Waals surface area contributed by atoms with Gasteiger partial charge in [-0.2, -0.15) is 0 Å². The van der Waals surface area contributed by atoms with Crippen molar-refractivity contribution in [1.29, 1.82) is 0 Å². The van der Waals surface area contributed by atoms with Crippen LogP contribution in [0.1, 0.15) is 17.3 Å². The minimum absolute atomic E-state index is 0.0662. The second-order valence-corrected chi connectivity index (χ2v) is 4.55. The summed E-state index contributed by atoms with van der Waals surface area (Å²) in [5, 5.41) is 3.21. The number of anilines is 3. The van der Waals surface area contributed by atoms with Crippen LogP contribution in [0.25, 0.3) is 0 Å². The Morgan fingerprint density at radius 1 is 1.00 bits per heavy atom. The summed E-state index contributed by atoms with van der Waals surface area (Å²) < 4.78 is 10.5. The van der Waals surface area contributed by atoms with E-state index in [0.29, 0.717) is 22.7 Å². The lowest BCUT2D eigenvalue weighted by Gasteiger charge is -2.12. The maximum Gasteiger partial charge on any atom is 0.162 e. The predicted molar refractivity (Wildman–Crippen MR) is 83.7 cm³/mol. The third-order valence-corrected chi connectivity index (χ3v) is 3.10. The Labute approximate surface area is 123 Å². The van der Waals surface area contributed by atoms with Gasteiger partial charge in [0.05, 0.1) is 14.2 Å². The van der Waals surface area contributed by atoms with Gasteiger partial charge in [-0.25, -0.2) is 0 Å². The van der Waals surface area contributed by atoms with Crippen LogP contribution in [0, 0.1) is 0 Å². The van der Waals surface area contributed by atoms with Gasteiger partial charge in [0.2, 0.25) is 0 Å². The van der Waals surface area contributed by atoms with E-state index in [9.17, 15) is 4.79 Å². The molecule has 5 heteroatoms. The maximum atomic E-state index is 11.5. The van der Waals surface area contributed by atoms with Crippen molar-refractivity contribution >= 4 is 22.8 Å². The number of nitrogens with two attached hydrogens (primary N) is 1. The minimum atomic E-state index is -0.0662. The average molecular weight is 286 g/mol. The van der Waals surface area contributed by atoms with E-state index in [1.54, 1.807) is 26.4 Å². The van der Waals surface area contributed by atoms with Crippen molar-refractivity contribution in [2.45, 2.75) is 6.92 Å². The van der Waals surface area contributed by atoms with Crippen LogP contribution in [-0.2, 0) is 0 Å². The molecule has 2 aromatic carbocycles. The van der Waals surface area contributed by atoms with Gasteiger partial charge in [0.1, 0.15) is 0 Å². The Kier molecular flexibility index (Phi) is 4.33. The quantitative estimate of drug-likeness (QED) is 0.652. The van der Waals surface area contributed by atoms with Crippen LogP contribution in [0.4, 0.5) is 17.1 Å². The van der Waals surface area contributed by atoms with Gasteiger partial charge in [0.15, 0.2) is 17.3 Å². The lowest BCUT2D eigenvalue weighted by atomic mass is 10.1. The molecule has 21 heavy (non-hydrogen) atoms. The van der Waals surface area contributed by atoms with Gasteiger partial charge in [-0.05, 0) is 37.3 Å². The number of carbonyl (C=O) groups is 1. The molecule has 0 heterocycles. The summed E-state index contributed by atoms with van der Waals surface area (Å²) in [7, 11) is 3.17. The molecule has 5 nitrogen and oxygen atoms in total. The largest absolute Gasteiger partial charge is 0.493 e. The SMILES string of the molecule is COc1ccc(Nc2ccc(N)c(C(C)=O)c2)cc1OC. The van der Waals surface area contributed by atoms with E-state index < -0.39 is 0 Å². The Morgan fingerprint density at radius 2 is 1.62 bits per heavy atom. The Morgan fingerprint density at radius 3 is 2.24 bits per heavy atom. The van der Waals surface area contributed by atoms with E-state index >= 15 is 0 Å². The first-order valence-corrected chi connectivity index (χ1v) is 6.44. The third-order valence-electron chi connectivity index (χ3n) is 3.10. The molecule has 0 aromatic heterocycles. The Bertz CT molecular complexity index is 669. The molecular formula is C16H18N2O3. The number of ether oxygens (including phenoxy) is 2. The van der Waals surface area contributed by atoms with Gasteiger partial charge >= 0.3 is 0 Å². The van der Waals surface area contributed by atoms with Gasteiger partial charge in [-0.1, -0.05) is 0 Å². The number of methoxy groups -OCH3 is 2. The fourth-order valence-electron chi connectivity index (χ4n) is 2.02. The topological polar surface area (TPSA) is 73.6 Å². The normalized spacial score (nSPS) is 10.0. The zero-order valence-corrected chi connectivity index (χ0v) is 12.3. The summed E-state index contributed by atoms with van der Waals surface area (Å²) in [6.07, 6.45) is 0. The molecule has 0 aliphatic rings. The predicted octanol–water partition coefficient (Wildman–Crippen LogP) is 3.23. The van der Waals surface area contributed by atoms with Gasteiger partial charge in [0, 0.05) is 28.7 Å². The number of Topliss-reactive ketones (excluding diaryl/α,β-unsaturated/α-hetero) is 1. The van der Waals surface area contributed by atoms with Gasteiger partial charge < -0.3 is 20.5 Å². The Balaban J connectivity index is 2.30. The molecule has 0 spiro atoms. The molecule has 3 N–H and O–H groups in total. The summed E-state index contributed by atoms with van der Waals surface area (Å²) in [5.41, 5.74) is 8.36. The summed E-state index contributed by atoms with van der Waals surface area (Å²) in [6.45, 7) is 1.49. The molecule has 0 unspecified atom stereocenters. The number of nitrogen functional groups attached to an aromatic ring is 1. The molecular weight excluding hydrogens is 268 g/mol. The van der Waals surface area contributed by atoms with Crippen molar-refractivity contribution in [3.63, 3.8) is 0 Å². The molecule has 0 fully saturated rings. The summed E-state index contributed by atoms with van der Waals surface area (Å²) >= 11 is 0. The molecule has 0 atom stereocenters. The molecule has 0 aliphatic carbocycles. The maximum absolute atomic E-state index is 11.5. The van der Waals surface area contributed by atoms with Crippen LogP contribution in [0.3, 0.4) is 0 Å². The first kappa shape index (κ1) is 14.7. The van der Waals surface area contributed by atoms with Gasteiger partial charge in [-0.15, -0.1) is 0 Å². The molecule has 110 valence electrons. The molecule has 0 bridgehead atoms. The fraction of sp³-hybridized carbons (Fsp3) is 0.188. The van der Waals surface area contributed by atoms with E-state index in [-0.39, 0.29) is 5.78 Å². The first-order valence-electron chi connectivity index (χ1n) is 6.44. The number of ketones is 1. The van der Waals surface area contributed by atoms with Crippen molar-refractivity contribution in [1.82, 2.24) is 0 Å². The van der Waals surface area contributed by atoms with E-state index in [2.05, 4.69) is 5.32 Å². The molecule has 0 amide bonds. The summed E-state index contributed by atoms with van der Waals surface area (Å²) in [6, 6.07) is 10.8. The number of rotatable bonds is 5. The van der Waals surface area contributed by atoms with Gasteiger partial charge in [0.25, 0.3) is 0 Å². The number of benzene rings is 2. The van der Waals surface area contributed by atoms with Crippen LogP contribution >= 0.6 is 0 Å². The van der Waals surface area contributed by atoms with Crippen LogP contribution in [0.2, 0.25) is 0 Å². The number of hydrogen-bond donors (Lipinski definition) is 2. The van der Waals surface area contributed by atoms with Crippen molar-refractivity contribution in [2.75, 3.05) is 25.3 Å².